The summed E-state index contributed by atoms with van der Waals surface area (Å²) in [6.45, 7) is 6.99. The van der Waals surface area contributed by atoms with E-state index in [0.29, 0.717) is 17.4 Å². The molecule has 0 radical (unpaired) electrons. The third kappa shape index (κ3) is 49.0. The first-order valence-electron chi connectivity index (χ1n) is 28.3. The van der Waals surface area contributed by atoms with Gasteiger partial charge in [0.25, 0.3) is 0 Å². The Balaban J connectivity index is 5.39. The average Bonchev–Trinajstić information content (AvgIpc) is 3.28. The zero-order valence-corrected chi connectivity index (χ0v) is 45.8. The number of carbonyl (C=O) groups is 2. The lowest BCUT2D eigenvalue weighted by Gasteiger charge is -2.27. The zero-order chi connectivity index (χ0) is 49.4. The van der Waals surface area contributed by atoms with E-state index in [1.807, 2.05) is 33.3 Å². The van der Waals surface area contributed by atoms with Crippen LogP contribution >= 0.6 is 7.82 Å². The molecule has 0 aliphatic rings. The molecule has 0 rings (SSSR count). The van der Waals surface area contributed by atoms with Crippen molar-refractivity contribution >= 4 is 19.7 Å². The molecule has 0 bridgehead atoms. The van der Waals surface area contributed by atoms with Gasteiger partial charge in [-0.15, -0.1) is 0 Å². The monoisotopic (exact) mass is 966 g/mol. The number of phosphoric acid groups is 1. The number of ether oxygens (including phenoxy) is 1. The van der Waals surface area contributed by atoms with Crippen LogP contribution in [0.5, 0.6) is 0 Å². The SMILES string of the molecule is CCCCCC/C=C\CCCCCCCCCC(=O)OC(/C=C/CCCCCCCCCCCC)C(COP(=O)(O)OCC[N+](C)(C)C)NC(=O)CCCCC/C=C\CCCCCCCCC. The molecule has 0 heterocycles. The summed E-state index contributed by atoms with van der Waals surface area (Å²) < 4.78 is 30.6. The fraction of sp³-hybridized carbons (Fsp3) is 0.860. The van der Waals surface area contributed by atoms with Crippen molar-refractivity contribution in [1.29, 1.82) is 0 Å². The summed E-state index contributed by atoms with van der Waals surface area (Å²) in [4.78, 5) is 37.5. The number of phosphoric ester groups is 1. The highest BCUT2D eigenvalue weighted by Gasteiger charge is 2.30. The van der Waals surface area contributed by atoms with Crippen molar-refractivity contribution in [2.45, 2.75) is 277 Å². The molecule has 3 atom stereocenters. The number of nitrogens with one attached hydrogen (secondary N) is 1. The van der Waals surface area contributed by atoms with Gasteiger partial charge >= 0.3 is 13.8 Å². The number of likely N-dealkylation sites (N-methyl/N-ethyl adjacent to an activating group) is 1. The number of esters is 1. The number of hydrogen-bond acceptors (Lipinski definition) is 6. The molecule has 394 valence electrons. The van der Waals surface area contributed by atoms with Crippen LogP contribution in [0, 0.1) is 0 Å². The second-order valence-electron chi connectivity index (χ2n) is 20.5. The van der Waals surface area contributed by atoms with Crippen LogP contribution in [0.15, 0.2) is 36.5 Å². The van der Waals surface area contributed by atoms with Crippen LogP contribution in [-0.4, -0.2) is 74.3 Å². The van der Waals surface area contributed by atoms with E-state index in [9.17, 15) is 19.0 Å². The Hall–Kier alpha value is -1.77. The smallest absolute Gasteiger partial charge is 0.456 e. The van der Waals surface area contributed by atoms with Crippen molar-refractivity contribution in [3.8, 4) is 0 Å². The average molecular weight is 966 g/mol. The molecule has 0 saturated carbocycles. The maximum atomic E-state index is 13.5. The quantitative estimate of drug-likeness (QED) is 0.0205. The summed E-state index contributed by atoms with van der Waals surface area (Å²) in [7, 11) is 1.49. The first kappa shape index (κ1) is 65.2. The summed E-state index contributed by atoms with van der Waals surface area (Å²) in [5.41, 5.74) is 0. The maximum Gasteiger partial charge on any atom is 0.472 e. The first-order chi connectivity index (χ1) is 32.4. The number of hydrogen-bond donors (Lipinski definition) is 2. The normalized spacial score (nSPS) is 14.1. The van der Waals surface area contributed by atoms with Crippen molar-refractivity contribution in [2.24, 2.45) is 0 Å². The molecule has 9 nitrogen and oxygen atoms in total. The number of rotatable bonds is 51. The lowest BCUT2D eigenvalue weighted by molar-refractivity contribution is -0.870. The summed E-state index contributed by atoms with van der Waals surface area (Å²) in [5, 5.41) is 3.04. The van der Waals surface area contributed by atoms with Crippen LogP contribution in [0.3, 0.4) is 0 Å². The van der Waals surface area contributed by atoms with Gasteiger partial charge in [0.15, 0.2) is 0 Å². The van der Waals surface area contributed by atoms with Crippen LogP contribution in [0.2, 0.25) is 0 Å². The van der Waals surface area contributed by atoms with Gasteiger partial charge in [-0.05, 0) is 83.1 Å². The van der Waals surface area contributed by atoms with Crippen molar-refractivity contribution in [1.82, 2.24) is 5.32 Å². The van der Waals surface area contributed by atoms with Crippen molar-refractivity contribution in [3.63, 3.8) is 0 Å². The Bertz CT molecular complexity index is 1250. The van der Waals surface area contributed by atoms with Gasteiger partial charge in [-0.1, -0.05) is 205 Å². The van der Waals surface area contributed by atoms with E-state index in [2.05, 4.69) is 50.4 Å². The standard InChI is InChI=1S/C57H109N2O7P/c1-7-10-13-16-19-22-25-28-30-32-35-38-41-44-47-50-57(61)66-55(48-45-42-39-36-33-27-24-21-18-15-12-9-3)54(53-65-67(62,63)64-52-51-59(4,5)6)58-56(60)49-46-43-40-37-34-31-29-26-23-20-17-14-11-8-2/h22,25,31,34,45,48,54-55H,7-21,23-24,26-30,32-33,35-44,46-47,49-53H2,1-6H3,(H-,58,60,62,63)/p+1/b25-22-,34-31-,48-45+. The number of unbranched alkanes of at least 4 members (excludes halogenated alkanes) is 31. The molecule has 3 unspecified atom stereocenters. The molecule has 1 amide bonds. The van der Waals surface area contributed by atoms with Gasteiger partial charge in [-0.25, -0.2) is 4.57 Å². The Morgan fingerprint density at radius 3 is 1.30 bits per heavy atom. The Labute approximate surface area is 415 Å². The zero-order valence-electron chi connectivity index (χ0n) is 44.9. The minimum Gasteiger partial charge on any atom is -0.456 e. The van der Waals surface area contributed by atoms with Crippen LogP contribution in [0.25, 0.3) is 0 Å². The largest absolute Gasteiger partial charge is 0.472 e. The third-order valence-corrected chi connectivity index (χ3v) is 13.5. The van der Waals surface area contributed by atoms with Crippen LogP contribution in [-0.2, 0) is 27.9 Å². The van der Waals surface area contributed by atoms with Crippen LogP contribution in [0.4, 0.5) is 0 Å². The number of nitrogens with zero attached hydrogens (tertiary/aromatic N) is 1. The number of amides is 1. The molecule has 0 fully saturated rings. The first-order valence-corrected chi connectivity index (χ1v) is 29.8. The molecule has 0 aromatic heterocycles. The van der Waals surface area contributed by atoms with E-state index >= 15 is 0 Å². The molecule has 0 spiro atoms. The predicted molar refractivity (Wildman–Crippen MR) is 286 cm³/mol. The molecular weight excluding hydrogens is 856 g/mol. The lowest BCUT2D eigenvalue weighted by Crippen LogP contribution is -2.47. The van der Waals surface area contributed by atoms with E-state index in [0.717, 1.165) is 77.0 Å². The van der Waals surface area contributed by atoms with Crippen molar-refractivity contribution in [2.75, 3.05) is 40.9 Å². The molecule has 0 aromatic rings. The number of quaternary nitrogens is 1. The second-order valence-corrected chi connectivity index (χ2v) is 21.9. The van der Waals surface area contributed by atoms with Gasteiger partial charge in [0.1, 0.15) is 19.3 Å². The Kier molecular flexibility index (Phi) is 46.6. The minimum absolute atomic E-state index is 0.0381. The van der Waals surface area contributed by atoms with E-state index in [-0.39, 0.29) is 31.5 Å². The molecular formula is C57H110N2O7P+. The van der Waals surface area contributed by atoms with E-state index in [1.54, 1.807) is 0 Å². The molecule has 0 aliphatic heterocycles. The number of allylic oxidation sites excluding steroid dienone is 5. The van der Waals surface area contributed by atoms with Crippen molar-refractivity contribution in [3.05, 3.63) is 36.5 Å². The van der Waals surface area contributed by atoms with E-state index in [4.69, 9.17) is 13.8 Å². The fourth-order valence-electron chi connectivity index (χ4n) is 8.11. The van der Waals surface area contributed by atoms with Gasteiger partial charge in [-0.2, -0.15) is 0 Å². The predicted octanol–water partition coefficient (Wildman–Crippen LogP) is 16.8. The topological polar surface area (TPSA) is 111 Å². The number of carbonyl (C=O) groups excluding carboxylic acids is 2. The molecule has 0 saturated heterocycles. The third-order valence-electron chi connectivity index (χ3n) is 12.6. The maximum absolute atomic E-state index is 13.5. The Morgan fingerprint density at radius 2 is 0.866 bits per heavy atom. The van der Waals surface area contributed by atoms with Crippen molar-refractivity contribution < 1.29 is 37.3 Å². The molecule has 2 N–H and O–H groups in total. The van der Waals surface area contributed by atoms with Gasteiger partial charge < -0.3 is 19.4 Å². The van der Waals surface area contributed by atoms with E-state index in [1.165, 1.54) is 154 Å². The second kappa shape index (κ2) is 47.9. The minimum atomic E-state index is -4.44. The lowest BCUT2D eigenvalue weighted by atomic mass is 10.0. The van der Waals surface area contributed by atoms with Gasteiger partial charge in [0.2, 0.25) is 5.91 Å². The highest BCUT2D eigenvalue weighted by molar-refractivity contribution is 7.47. The van der Waals surface area contributed by atoms with Gasteiger partial charge in [0.05, 0.1) is 33.8 Å². The molecule has 10 heteroatoms. The highest BCUT2D eigenvalue weighted by Crippen LogP contribution is 2.43. The summed E-state index contributed by atoms with van der Waals surface area (Å²) in [6.07, 6.45) is 55.6. The van der Waals surface area contributed by atoms with Gasteiger partial charge in [-0.3, -0.25) is 18.6 Å². The molecule has 67 heavy (non-hydrogen) atoms. The summed E-state index contributed by atoms with van der Waals surface area (Å²) >= 11 is 0. The van der Waals surface area contributed by atoms with E-state index < -0.39 is 20.0 Å². The van der Waals surface area contributed by atoms with Gasteiger partial charge in [0, 0.05) is 12.8 Å². The highest BCUT2D eigenvalue weighted by atomic mass is 31.2. The molecule has 0 aliphatic carbocycles. The Morgan fingerprint density at radius 1 is 0.507 bits per heavy atom. The molecule has 0 aromatic carbocycles. The summed E-state index contributed by atoms with van der Waals surface area (Å²) in [6, 6.07) is -0.853. The fourth-order valence-corrected chi connectivity index (χ4v) is 8.84. The summed E-state index contributed by atoms with van der Waals surface area (Å²) in [5.74, 6) is -0.523. The van der Waals surface area contributed by atoms with Crippen LogP contribution < -0.4 is 5.32 Å². The van der Waals surface area contributed by atoms with Crippen LogP contribution in [0.1, 0.15) is 265 Å².